The quantitative estimate of drug-likeness (QED) is 0.595. The number of carbonyl (C=O) groups is 1. The van der Waals surface area contributed by atoms with E-state index in [9.17, 15) is 9.90 Å². The monoisotopic (exact) mass is 400 g/mol. The van der Waals surface area contributed by atoms with Crippen molar-refractivity contribution in [3.05, 3.63) is 71.8 Å². The summed E-state index contributed by atoms with van der Waals surface area (Å²) >= 11 is 0. The summed E-state index contributed by atoms with van der Waals surface area (Å²) in [5, 5.41) is 9.52. The maximum absolute atomic E-state index is 10.6. The Bertz CT molecular complexity index is 686. The van der Waals surface area contributed by atoms with Crippen LogP contribution in [0.4, 0.5) is 0 Å². The SMILES string of the molecule is COCC(C)(CC(C)O)c1ccccc1.COCC(C)(CC=O)c1ccccc1. The topological polar surface area (TPSA) is 55.8 Å². The molecule has 4 heteroatoms. The van der Waals surface area contributed by atoms with Crippen molar-refractivity contribution in [3.8, 4) is 0 Å². The number of carbonyl (C=O) groups excluding carboxylic acids is 1. The summed E-state index contributed by atoms with van der Waals surface area (Å²) in [4.78, 5) is 10.6. The lowest BCUT2D eigenvalue weighted by atomic mass is 9.79. The average Bonchev–Trinajstić information content (AvgIpc) is 2.70. The Morgan fingerprint density at radius 3 is 1.66 bits per heavy atom. The first kappa shape index (κ1) is 25.0. The second-order valence-electron chi connectivity index (χ2n) is 8.14. The zero-order valence-electron chi connectivity index (χ0n) is 18.4. The van der Waals surface area contributed by atoms with Crippen molar-refractivity contribution < 1.29 is 19.4 Å². The van der Waals surface area contributed by atoms with E-state index in [1.807, 2.05) is 62.4 Å². The van der Waals surface area contributed by atoms with Crippen LogP contribution in [0.2, 0.25) is 0 Å². The minimum atomic E-state index is -0.314. The molecule has 0 fully saturated rings. The van der Waals surface area contributed by atoms with Crippen molar-refractivity contribution in [1.82, 2.24) is 0 Å². The third-order valence-electron chi connectivity index (χ3n) is 5.15. The van der Waals surface area contributed by atoms with Crippen LogP contribution >= 0.6 is 0 Å². The first-order chi connectivity index (χ1) is 13.8. The number of rotatable bonds is 10. The summed E-state index contributed by atoms with van der Waals surface area (Å²) in [6.07, 6.45) is 1.84. The van der Waals surface area contributed by atoms with Crippen LogP contribution in [0.25, 0.3) is 0 Å². The Morgan fingerprint density at radius 2 is 1.28 bits per heavy atom. The number of hydrogen-bond donors (Lipinski definition) is 1. The molecule has 0 radical (unpaired) electrons. The van der Waals surface area contributed by atoms with Gasteiger partial charge in [0.05, 0.1) is 19.3 Å². The number of methoxy groups -OCH3 is 2. The van der Waals surface area contributed by atoms with Crippen LogP contribution in [-0.2, 0) is 25.1 Å². The molecule has 160 valence electrons. The molecule has 0 aromatic heterocycles. The Labute approximate surface area is 175 Å². The molecule has 1 N–H and O–H groups in total. The van der Waals surface area contributed by atoms with Crippen LogP contribution in [0.5, 0.6) is 0 Å². The molecule has 0 saturated heterocycles. The summed E-state index contributed by atoms with van der Waals surface area (Å²) in [6, 6.07) is 20.2. The highest BCUT2D eigenvalue weighted by Gasteiger charge is 2.28. The van der Waals surface area contributed by atoms with Crippen LogP contribution < -0.4 is 0 Å². The Kier molecular flexibility index (Phi) is 10.8. The molecule has 0 heterocycles. The van der Waals surface area contributed by atoms with Gasteiger partial charge in [-0.15, -0.1) is 0 Å². The van der Waals surface area contributed by atoms with Crippen molar-refractivity contribution in [2.45, 2.75) is 50.5 Å². The number of aliphatic hydroxyl groups is 1. The van der Waals surface area contributed by atoms with E-state index in [1.54, 1.807) is 14.2 Å². The van der Waals surface area contributed by atoms with Crippen molar-refractivity contribution >= 4 is 6.29 Å². The van der Waals surface area contributed by atoms with Crippen LogP contribution in [0.3, 0.4) is 0 Å². The highest BCUT2D eigenvalue weighted by molar-refractivity contribution is 5.53. The summed E-state index contributed by atoms with van der Waals surface area (Å²) in [7, 11) is 3.36. The van der Waals surface area contributed by atoms with Gasteiger partial charge in [-0.05, 0) is 24.5 Å². The van der Waals surface area contributed by atoms with Crippen LogP contribution in [-0.4, -0.2) is 44.9 Å². The van der Waals surface area contributed by atoms with E-state index in [-0.39, 0.29) is 16.9 Å². The van der Waals surface area contributed by atoms with Crippen molar-refractivity contribution in [1.29, 1.82) is 0 Å². The van der Waals surface area contributed by atoms with Gasteiger partial charge >= 0.3 is 0 Å². The van der Waals surface area contributed by atoms with E-state index in [0.29, 0.717) is 26.1 Å². The van der Waals surface area contributed by atoms with Gasteiger partial charge in [-0.1, -0.05) is 74.5 Å². The van der Waals surface area contributed by atoms with Crippen LogP contribution in [0, 0.1) is 0 Å². The molecule has 2 rings (SSSR count). The number of aldehydes is 1. The van der Waals surface area contributed by atoms with E-state index in [4.69, 9.17) is 9.47 Å². The molecule has 0 bridgehead atoms. The molecule has 2 aromatic carbocycles. The fourth-order valence-electron chi connectivity index (χ4n) is 3.67. The molecule has 4 nitrogen and oxygen atoms in total. The van der Waals surface area contributed by atoms with Crippen molar-refractivity contribution in [3.63, 3.8) is 0 Å². The Hall–Kier alpha value is -2.01. The molecule has 0 aliphatic carbocycles. The molecule has 0 saturated carbocycles. The lowest BCUT2D eigenvalue weighted by Gasteiger charge is -2.30. The minimum Gasteiger partial charge on any atom is -0.393 e. The van der Waals surface area contributed by atoms with E-state index in [0.717, 1.165) is 11.8 Å². The molecule has 3 atom stereocenters. The number of ether oxygens (including phenoxy) is 2. The Balaban J connectivity index is 0.000000291. The van der Waals surface area contributed by atoms with Crippen LogP contribution in [0.1, 0.15) is 44.7 Å². The van der Waals surface area contributed by atoms with Gasteiger partial charge in [-0.25, -0.2) is 0 Å². The molecule has 3 unspecified atom stereocenters. The predicted molar refractivity (Wildman–Crippen MR) is 118 cm³/mol. The normalized spacial score (nSPS) is 15.9. The first-order valence-corrected chi connectivity index (χ1v) is 10.0. The molecule has 29 heavy (non-hydrogen) atoms. The smallest absolute Gasteiger partial charge is 0.120 e. The fourth-order valence-corrected chi connectivity index (χ4v) is 3.67. The van der Waals surface area contributed by atoms with Gasteiger partial charge < -0.3 is 19.4 Å². The summed E-state index contributed by atoms with van der Waals surface area (Å²) in [5.74, 6) is 0. The minimum absolute atomic E-state index is 0.107. The van der Waals surface area contributed by atoms with Gasteiger partial charge in [-0.2, -0.15) is 0 Å². The van der Waals surface area contributed by atoms with Crippen molar-refractivity contribution in [2.75, 3.05) is 27.4 Å². The molecular formula is C25H36O4. The molecule has 0 aliphatic heterocycles. The first-order valence-electron chi connectivity index (χ1n) is 10.0. The average molecular weight is 401 g/mol. The summed E-state index contributed by atoms with van der Waals surface area (Å²) in [6.45, 7) is 7.17. The van der Waals surface area contributed by atoms with Gasteiger partial charge in [0.1, 0.15) is 6.29 Å². The largest absolute Gasteiger partial charge is 0.393 e. The molecule has 0 amide bonds. The maximum Gasteiger partial charge on any atom is 0.120 e. The van der Waals surface area contributed by atoms with Gasteiger partial charge in [0.2, 0.25) is 0 Å². The van der Waals surface area contributed by atoms with E-state index in [1.165, 1.54) is 5.56 Å². The second-order valence-corrected chi connectivity index (χ2v) is 8.14. The third kappa shape index (κ3) is 8.09. The summed E-state index contributed by atoms with van der Waals surface area (Å²) in [5.41, 5.74) is 2.06. The summed E-state index contributed by atoms with van der Waals surface area (Å²) < 4.78 is 10.4. The zero-order valence-corrected chi connectivity index (χ0v) is 18.4. The van der Waals surface area contributed by atoms with E-state index < -0.39 is 0 Å². The van der Waals surface area contributed by atoms with Gasteiger partial charge in [-0.3, -0.25) is 0 Å². The number of benzene rings is 2. The van der Waals surface area contributed by atoms with Gasteiger partial charge in [0.25, 0.3) is 0 Å². The third-order valence-corrected chi connectivity index (χ3v) is 5.15. The van der Waals surface area contributed by atoms with Gasteiger partial charge in [0, 0.05) is 31.5 Å². The molecule has 2 aromatic rings. The second kappa shape index (κ2) is 12.5. The highest BCUT2D eigenvalue weighted by atomic mass is 16.5. The fraction of sp³-hybridized carbons (Fsp3) is 0.480. The van der Waals surface area contributed by atoms with Gasteiger partial charge in [0.15, 0.2) is 0 Å². The number of aliphatic hydroxyl groups excluding tert-OH is 1. The molecular weight excluding hydrogens is 364 g/mol. The van der Waals surface area contributed by atoms with Crippen LogP contribution in [0.15, 0.2) is 60.7 Å². The van der Waals surface area contributed by atoms with E-state index in [2.05, 4.69) is 19.1 Å². The lowest BCUT2D eigenvalue weighted by Crippen LogP contribution is -2.31. The standard InChI is InChI=1S/C13H20O2.C12H16O2/c1-11(14)9-13(2,10-15-3)12-7-5-4-6-8-12;1-12(8-9-13,10-14-2)11-6-4-3-5-7-11/h4-8,11,14H,9-10H2,1-3H3;3-7,9H,8,10H2,1-2H3. The van der Waals surface area contributed by atoms with E-state index >= 15 is 0 Å². The molecule has 0 spiro atoms. The Morgan fingerprint density at radius 1 is 0.862 bits per heavy atom. The van der Waals surface area contributed by atoms with Crippen molar-refractivity contribution in [2.24, 2.45) is 0 Å². The lowest BCUT2D eigenvalue weighted by molar-refractivity contribution is -0.109. The predicted octanol–water partition coefficient (Wildman–Crippen LogP) is 4.54. The maximum atomic E-state index is 10.6. The zero-order chi connectivity index (χ0) is 21.8. The number of hydrogen-bond acceptors (Lipinski definition) is 4. The highest BCUT2D eigenvalue weighted by Crippen LogP contribution is 2.29. The molecule has 0 aliphatic rings.